The summed E-state index contributed by atoms with van der Waals surface area (Å²) in [7, 11) is 1.63. The average Bonchev–Trinajstić information content (AvgIpc) is 2.33. The summed E-state index contributed by atoms with van der Waals surface area (Å²) >= 11 is 5.00. The first-order valence-corrected chi connectivity index (χ1v) is 6.83. The van der Waals surface area contributed by atoms with E-state index in [1.54, 1.807) is 21.0 Å². The Hall–Kier alpha value is -0.680. The third-order valence-electron chi connectivity index (χ3n) is 3.33. The van der Waals surface area contributed by atoms with Gasteiger partial charge in [-0.2, -0.15) is 0 Å². The van der Waals surface area contributed by atoms with Gasteiger partial charge in [-0.25, -0.2) is 0 Å². The number of nitrogens with zero attached hydrogens (tertiary/aromatic N) is 1. The maximum Gasteiger partial charge on any atom is 0.235 e. The topological polar surface area (TPSA) is 55.6 Å². The summed E-state index contributed by atoms with van der Waals surface area (Å²) in [4.78, 5) is 14.7. The average molecular weight is 274 g/mol. The molecule has 0 saturated carbocycles. The Balaban J connectivity index is 5.06. The summed E-state index contributed by atoms with van der Waals surface area (Å²) in [6, 6.07) is 0.210. The zero-order chi connectivity index (χ0) is 14.3. The van der Waals surface area contributed by atoms with E-state index in [1.807, 2.05) is 4.90 Å². The predicted octanol–water partition coefficient (Wildman–Crippen LogP) is 1.96. The smallest absolute Gasteiger partial charge is 0.235 e. The highest BCUT2D eigenvalue weighted by Gasteiger charge is 2.36. The predicted molar refractivity (Wildman–Crippen MR) is 78.5 cm³/mol. The lowest BCUT2D eigenvalue weighted by molar-refractivity contribution is -0.140. The maximum absolute atomic E-state index is 12.6. The van der Waals surface area contributed by atoms with Crippen LogP contribution in [0, 0.1) is 5.41 Å². The van der Waals surface area contributed by atoms with Crippen molar-refractivity contribution in [1.82, 2.24) is 4.90 Å². The number of rotatable bonds is 8. The van der Waals surface area contributed by atoms with Gasteiger partial charge in [0.15, 0.2) is 0 Å². The number of hydrogen-bond donors (Lipinski definition) is 1. The molecule has 0 rings (SSSR count). The van der Waals surface area contributed by atoms with Gasteiger partial charge in [-0.1, -0.05) is 26.1 Å². The summed E-state index contributed by atoms with van der Waals surface area (Å²) in [5.41, 5.74) is 4.87. The highest BCUT2D eigenvalue weighted by atomic mass is 32.1. The molecule has 0 aliphatic carbocycles. The van der Waals surface area contributed by atoms with Gasteiger partial charge in [0.05, 0.1) is 17.0 Å². The molecule has 0 saturated heterocycles. The van der Waals surface area contributed by atoms with Crippen LogP contribution < -0.4 is 5.73 Å². The molecule has 0 bridgehead atoms. The molecule has 0 atom stereocenters. The zero-order valence-corrected chi connectivity index (χ0v) is 13.0. The number of methoxy groups -OCH3 is 1. The number of nitrogens with two attached hydrogens (primary N) is 1. The summed E-state index contributed by atoms with van der Waals surface area (Å²) in [6.45, 7) is 8.81. The molecule has 0 aromatic heterocycles. The van der Waals surface area contributed by atoms with Gasteiger partial charge in [0.1, 0.15) is 0 Å². The quantitative estimate of drug-likeness (QED) is 0.688. The van der Waals surface area contributed by atoms with Crippen molar-refractivity contribution < 1.29 is 9.53 Å². The van der Waals surface area contributed by atoms with E-state index in [-0.39, 0.29) is 16.9 Å². The van der Waals surface area contributed by atoms with E-state index in [0.717, 1.165) is 12.8 Å². The Labute approximate surface area is 116 Å². The van der Waals surface area contributed by atoms with Gasteiger partial charge in [0, 0.05) is 19.7 Å². The van der Waals surface area contributed by atoms with Crippen molar-refractivity contribution in [1.29, 1.82) is 0 Å². The van der Waals surface area contributed by atoms with Crippen molar-refractivity contribution in [2.45, 2.75) is 46.6 Å². The van der Waals surface area contributed by atoms with Gasteiger partial charge in [-0.15, -0.1) is 0 Å². The lowest BCUT2D eigenvalue weighted by Crippen LogP contribution is -2.51. The normalized spacial score (nSPS) is 11.7. The molecular formula is C13H26N2O2S. The minimum absolute atomic E-state index is 0.0132. The van der Waals surface area contributed by atoms with E-state index >= 15 is 0 Å². The van der Waals surface area contributed by atoms with E-state index < -0.39 is 5.41 Å². The monoisotopic (exact) mass is 274 g/mol. The van der Waals surface area contributed by atoms with E-state index in [2.05, 4.69) is 13.8 Å². The van der Waals surface area contributed by atoms with Crippen molar-refractivity contribution in [3.63, 3.8) is 0 Å². The third kappa shape index (κ3) is 4.21. The van der Waals surface area contributed by atoms with Crippen LogP contribution in [0.1, 0.15) is 40.5 Å². The van der Waals surface area contributed by atoms with Gasteiger partial charge >= 0.3 is 0 Å². The van der Waals surface area contributed by atoms with Crippen molar-refractivity contribution in [3.8, 4) is 0 Å². The first kappa shape index (κ1) is 17.3. The lowest BCUT2D eigenvalue weighted by atomic mass is 9.90. The highest BCUT2D eigenvalue weighted by molar-refractivity contribution is 7.80. The van der Waals surface area contributed by atoms with E-state index in [1.165, 1.54) is 0 Å². The Kier molecular flexibility index (Phi) is 7.40. The molecule has 0 fully saturated rings. The van der Waals surface area contributed by atoms with Crippen LogP contribution >= 0.6 is 12.2 Å². The van der Waals surface area contributed by atoms with Crippen LogP contribution in [0.3, 0.4) is 0 Å². The van der Waals surface area contributed by atoms with Crippen LogP contribution in [0.4, 0.5) is 0 Å². The largest absolute Gasteiger partial charge is 0.392 e. The highest BCUT2D eigenvalue weighted by Crippen LogP contribution is 2.22. The van der Waals surface area contributed by atoms with Crippen LogP contribution in [0.5, 0.6) is 0 Å². The molecule has 106 valence electrons. The van der Waals surface area contributed by atoms with Crippen LogP contribution in [0.2, 0.25) is 0 Å². The molecule has 18 heavy (non-hydrogen) atoms. The Bertz CT molecular complexity index is 289. The number of thiocarbonyl (C=S) groups is 1. The van der Waals surface area contributed by atoms with Gasteiger partial charge in [-0.3, -0.25) is 4.79 Å². The Morgan fingerprint density at radius 1 is 1.39 bits per heavy atom. The molecule has 0 aromatic carbocycles. The number of hydrogen-bond acceptors (Lipinski definition) is 3. The Morgan fingerprint density at radius 3 is 2.22 bits per heavy atom. The van der Waals surface area contributed by atoms with E-state index in [9.17, 15) is 4.79 Å². The fourth-order valence-corrected chi connectivity index (χ4v) is 1.92. The second kappa shape index (κ2) is 7.69. The second-order valence-corrected chi connectivity index (χ2v) is 5.39. The fourth-order valence-electron chi connectivity index (χ4n) is 1.83. The first-order valence-electron chi connectivity index (χ1n) is 6.42. The summed E-state index contributed by atoms with van der Waals surface area (Å²) < 4.78 is 5.08. The summed E-state index contributed by atoms with van der Waals surface area (Å²) in [5.74, 6) is -0.0132. The van der Waals surface area contributed by atoms with Crippen LogP contribution in [-0.2, 0) is 9.53 Å². The van der Waals surface area contributed by atoms with Gasteiger partial charge in [0.25, 0.3) is 0 Å². The number of ether oxygens (including phenoxy) is 1. The molecule has 1 amide bonds. The molecule has 4 nitrogen and oxygen atoms in total. The van der Waals surface area contributed by atoms with Crippen molar-refractivity contribution >= 4 is 23.1 Å². The molecular weight excluding hydrogens is 248 g/mol. The number of carbonyl (C=O) groups is 1. The molecule has 0 aliphatic heterocycles. The van der Waals surface area contributed by atoms with Crippen molar-refractivity contribution in [2.75, 3.05) is 20.3 Å². The van der Waals surface area contributed by atoms with Crippen LogP contribution in [-0.4, -0.2) is 42.1 Å². The Morgan fingerprint density at radius 2 is 1.89 bits per heavy atom. The first-order chi connectivity index (χ1) is 8.32. The number of amides is 1. The number of carbonyl (C=O) groups excluding carboxylic acids is 1. The molecule has 0 aliphatic rings. The maximum atomic E-state index is 12.6. The molecule has 2 N–H and O–H groups in total. The molecule has 0 spiro atoms. The summed E-state index contributed by atoms with van der Waals surface area (Å²) in [5, 5.41) is 0. The molecule has 0 aromatic rings. The van der Waals surface area contributed by atoms with Gasteiger partial charge in [-0.05, 0) is 26.7 Å². The minimum atomic E-state index is -0.800. The zero-order valence-electron chi connectivity index (χ0n) is 12.2. The van der Waals surface area contributed by atoms with Crippen molar-refractivity contribution in [3.05, 3.63) is 0 Å². The van der Waals surface area contributed by atoms with Crippen LogP contribution in [0.25, 0.3) is 0 Å². The van der Waals surface area contributed by atoms with E-state index in [0.29, 0.717) is 13.2 Å². The van der Waals surface area contributed by atoms with Crippen LogP contribution in [0.15, 0.2) is 0 Å². The minimum Gasteiger partial charge on any atom is -0.392 e. The molecule has 0 unspecified atom stereocenters. The molecule has 0 radical (unpaired) electrons. The lowest BCUT2D eigenvalue weighted by Gasteiger charge is -2.36. The SMILES string of the molecule is CCC(CC)N(CCOC)C(=O)C(C)(C)C(N)=S. The third-order valence-corrected chi connectivity index (χ3v) is 3.84. The summed E-state index contributed by atoms with van der Waals surface area (Å²) in [6.07, 6.45) is 1.83. The van der Waals surface area contributed by atoms with Crippen molar-refractivity contribution in [2.24, 2.45) is 11.1 Å². The second-order valence-electron chi connectivity index (χ2n) is 4.95. The van der Waals surface area contributed by atoms with E-state index in [4.69, 9.17) is 22.7 Å². The van der Waals surface area contributed by atoms with Gasteiger partial charge < -0.3 is 15.4 Å². The molecule has 5 heteroatoms. The fraction of sp³-hybridized carbons (Fsp3) is 0.846. The molecule has 0 heterocycles. The standard InChI is InChI=1S/C13H26N2O2S/c1-6-10(7-2)15(8-9-17-5)12(16)13(3,4)11(14)18/h10H,6-9H2,1-5H3,(H2,14,18). The van der Waals surface area contributed by atoms with Gasteiger partial charge in [0.2, 0.25) is 5.91 Å².